The maximum Gasteiger partial charge on any atom is 0.274 e. The van der Waals surface area contributed by atoms with Crippen molar-refractivity contribution in [1.82, 2.24) is 9.88 Å². The molecule has 1 aromatic heterocycles. The summed E-state index contributed by atoms with van der Waals surface area (Å²) in [4.78, 5) is 19.0. The van der Waals surface area contributed by atoms with E-state index in [2.05, 4.69) is 20.5 Å². The number of hydrogen-bond acceptors (Lipinski definition) is 7. The molecule has 0 saturated carbocycles. The van der Waals surface area contributed by atoms with Crippen LogP contribution in [0.3, 0.4) is 0 Å². The summed E-state index contributed by atoms with van der Waals surface area (Å²) in [5.41, 5.74) is 1.86. The molecule has 4 rings (SSSR count). The fourth-order valence-electron chi connectivity index (χ4n) is 3.02. The van der Waals surface area contributed by atoms with E-state index < -0.39 is 0 Å². The topological polar surface area (TPSA) is 85.0 Å². The average Bonchev–Trinajstić information content (AvgIpc) is 3.17. The lowest BCUT2D eigenvalue weighted by molar-refractivity contribution is 0.0398. The first-order valence-electron chi connectivity index (χ1n) is 8.99. The van der Waals surface area contributed by atoms with Gasteiger partial charge in [-0.3, -0.25) is 14.7 Å². The number of carbonyl (C=O) groups excluding carboxylic acids is 1. The minimum atomic E-state index is -0.273. The molecule has 0 spiro atoms. The number of carbonyl (C=O) groups is 1. The van der Waals surface area contributed by atoms with Gasteiger partial charge in [-0.05, 0) is 24.3 Å². The summed E-state index contributed by atoms with van der Waals surface area (Å²) in [7, 11) is 0. The molecule has 8 heteroatoms. The van der Waals surface area contributed by atoms with Crippen LogP contribution in [-0.4, -0.2) is 62.0 Å². The normalized spacial score (nSPS) is 16.1. The molecule has 0 aliphatic carbocycles. The number of amides is 1. The third-order valence-corrected chi connectivity index (χ3v) is 4.48. The molecule has 2 aliphatic rings. The van der Waals surface area contributed by atoms with E-state index in [1.54, 1.807) is 30.5 Å². The Bertz CT molecular complexity index is 808. The van der Waals surface area contributed by atoms with E-state index in [4.69, 9.17) is 14.2 Å². The highest BCUT2D eigenvalue weighted by Gasteiger charge is 2.15. The predicted octanol–water partition coefficient (Wildman–Crippen LogP) is 1.81. The van der Waals surface area contributed by atoms with Crippen molar-refractivity contribution < 1.29 is 19.0 Å². The van der Waals surface area contributed by atoms with Gasteiger partial charge >= 0.3 is 0 Å². The van der Waals surface area contributed by atoms with Crippen molar-refractivity contribution in [2.24, 2.45) is 0 Å². The van der Waals surface area contributed by atoms with Crippen molar-refractivity contribution in [3.63, 3.8) is 0 Å². The molecular weight excluding hydrogens is 348 g/mol. The van der Waals surface area contributed by atoms with Crippen LogP contribution in [0.1, 0.15) is 10.5 Å². The number of rotatable bonds is 6. The molecule has 1 saturated heterocycles. The number of benzene rings is 1. The van der Waals surface area contributed by atoms with Crippen LogP contribution in [0.2, 0.25) is 0 Å². The molecule has 27 heavy (non-hydrogen) atoms. The largest absolute Gasteiger partial charge is 0.454 e. The van der Waals surface area contributed by atoms with Gasteiger partial charge in [-0.2, -0.15) is 0 Å². The molecule has 1 aromatic carbocycles. The van der Waals surface area contributed by atoms with Gasteiger partial charge < -0.3 is 24.8 Å². The molecule has 0 bridgehead atoms. The molecule has 0 unspecified atom stereocenters. The summed E-state index contributed by atoms with van der Waals surface area (Å²) in [5.74, 6) is 1.03. The first kappa shape index (κ1) is 17.6. The number of nitrogens with one attached hydrogen (secondary N) is 2. The van der Waals surface area contributed by atoms with E-state index in [1.807, 2.05) is 6.07 Å². The van der Waals surface area contributed by atoms with Crippen molar-refractivity contribution in [2.75, 3.05) is 56.8 Å². The second-order valence-corrected chi connectivity index (χ2v) is 6.33. The van der Waals surface area contributed by atoms with Crippen LogP contribution in [0.25, 0.3) is 0 Å². The maximum absolute atomic E-state index is 12.5. The summed E-state index contributed by atoms with van der Waals surface area (Å²) in [6, 6.07) is 8.90. The Hall–Kier alpha value is -2.84. The molecule has 3 heterocycles. The molecule has 0 atom stereocenters. The predicted molar refractivity (Wildman–Crippen MR) is 101 cm³/mol. The fourth-order valence-corrected chi connectivity index (χ4v) is 3.02. The Morgan fingerprint density at radius 1 is 1.07 bits per heavy atom. The Labute approximate surface area is 157 Å². The zero-order chi connectivity index (χ0) is 18.5. The number of hydrogen-bond donors (Lipinski definition) is 2. The number of morpholine rings is 1. The summed E-state index contributed by atoms with van der Waals surface area (Å²) >= 11 is 0. The SMILES string of the molecule is O=C(Nc1ccc2c(c1)OCO2)c1cc(NCCN2CCOCC2)ccn1. The standard InChI is InChI=1S/C19H22N4O4/c24-19(22-15-1-2-17-18(12-15)27-13-26-17)16-11-14(3-4-21-16)20-5-6-23-7-9-25-10-8-23/h1-4,11-12H,5-10,13H2,(H,20,21)(H,22,24). The van der Waals surface area contributed by atoms with Gasteiger partial charge in [0, 0.05) is 49.8 Å². The molecule has 0 radical (unpaired) electrons. The molecule has 1 fully saturated rings. The van der Waals surface area contributed by atoms with Gasteiger partial charge in [0.1, 0.15) is 5.69 Å². The van der Waals surface area contributed by atoms with Crippen molar-refractivity contribution in [3.8, 4) is 11.5 Å². The Morgan fingerprint density at radius 3 is 2.81 bits per heavy atom. The van der Waals surface area contributed by atoms with Gasteiger partial charge in [-0.1, -0.05) is 0 Å². The van der Waals surface area contributed by atoms with Crippen molar-refractivity contribution >= 4 is 17.3 Å². The molecule has 2 N–H and O–H groups in total. The average molecular weight is 370 g/mol. The van der Waals surface area contributed by atoms with Crippen LogP contribution in [0, 0.1) is 0 Å². The first-order valence-corrected chi connectivity index (χ1v) is 8.99. The molecule has 2 aliphatic heterocycles. The first-order chi connectivity index (χ1) is 13.3. The lowest BCUT2D eigenvalue weighted by atomic mass is 10.2. The van der Waals surface area contributed by atoms with Crippen LogP contribution in [0.4, 0.5) is 11.4 Å². The number of aromatic nitrogens is 1. The smallest absolute Gasteiger partial charge is 0.274 e. The number of ether oxygens (including phenoxy) is 3. The molecule has 142 valence electrons. The van der Waals surface area contributed by atoms with Crippen molar-refractivity contribution in [2.45, 2.75) is 0 Å². The van der Waals surface area contributed by atoms with Gasteiger partial charge in [-0.15, -0.1) is 0 Å². The second-order valence-electron chi connectivity index (χ2n) is 6.33. The number of fused-ring (bicyclic) bond motifs is 1. The zero-order valence-electron chi connectivity index (χ0n) is 14.9. The third-order valence-electron chi connectivity index (χ3n) is 4.48. The highest BCUT2D eigenvalue weighted by molar-refractivity contribution is 6.03. The van der Waals surface area contributed by atoms with Gasteiger partial charge in [0.05, 0.1) is 13.2 Å². The van der Waals surface area contributed by atoms with E-state index in [-0.39, 0.29) is 12.7 Å². The lowest BCUT2D eigenvalue weighted by Crippen LogP contribution is -2.39. The number of pyridine rings is 1. The monoisotopic (exact) mass is 370 g/mol. The van der Waals surface area contributed by atoms with Gasteiger partial charge in [0.2, 0.25) is 6.79 Å². The van der Waals surface area contributed by atoms with Crippen LogP contribution in [-0.2, 0) is 4.74 Å². The van der Waals surface area contributed by atoms with Crippen LogP contribution < -0.4 is 20.1 Å². The second kappa shape index (κ2) is 8.24. The van der Waals surface area contributed by atoms with Crippen molar-refractivity contribution in [1.29, 1.82) is 0 Å². The molecular formula is C19H22N4O4. The quantitative estimate of drug-likeness (QED) is 0.802. The van der Waals surface area contributed by atoms with Gasteiger partial charge in [-0.25, -0.2) is 0 Å². The lowest BCUT2D eigenvalue weighted by Gasteiger charge is -2.26. The van der Waals surface area contributed by atoms with E-state index in [0.29, 0.717) is 22.9 Å². The fraction of sp³-hybridized carbons (Fsp3) is 0.368. The van der Waals surface area contributed by atoms with Crippen LogP contribution in [0.15, 0.2) is 36.5 Å². The van der Waals surface area contributed by atoms with E-state index in [0.717, 1.165) is 45.1 Å². The van der Waals surface area contributed by atoms with Crippen molar-refractivity contribution in [3.05, 3.63) is 42.2 Å². The number of anilines is 2. The van der Waals surface area contributed by atoms with Gasteiger partial charge in [0.25, 0.3) is 5.91 Å². The number of nitrogens with zero attached hydrogens (tertiary/aromatic N) is 2. The van der Waals surface area contributed by atoms with E-state index in [9.17, 15) is 4.79 Å². The minimum Gasteiger partial charge on any atom is -0.454 e. The summed E-state index contributed by atoms with van der Waals surface area (Å²) in [5, 5.41) is 6.18. The van der Waals surface area contributed by atoms with Gasteiger partial charge in [0.15, 0.2) is 11.5 Å². The molecule has 1 amide bonds. The summed E-state index contributed by atoms with van der Waals surface area (Å²) < 4.78 is 16.0. The summed E-state index contributed by atoms with van der Waals surface area (Å²) in [6.45, 7) is 5.44. The highest BCUT2D eigenvalue weighted by Crippen LogP contribution is 2.34. The minimum absolute atomic E-state index is 0.201. The summed E-state index contributed by atoms with van der Waals surface area (Å²) in [6.07, 6.45) is 1.63. The third kappa shape index (κ3) is 4.47. The Morgan fingerprint density at radius 2 is 1.93 bits per heavy atom. The van der Waals surface area contributed by atoms with E-state index in [1.165, 1.54) is 0 Å². The highest BCUT2D eigenvalue weighted by atomic mass is 16.7. The van der Waals surface area contributed by atoms with Crippen LogP contribution in [0.5, 0.6) is 11.5 Å². The van der Waals surface area contributed by atoms with Crippen LogP contribution >= 0.6 is 0 Å². The molecule has 8 nitrogen and oxygen atoms in total. The maximum atomic E-state index is 12.5. The van der Waals surface area contributed by atoms with E-state index >= 15 is 0 Å². The zero-order valence-corrected chi connectivity index (χ0v) is 14.9. The Balaban J connectivity index is 1.33. The molecule has 2 aromatic rings. The Kier molecular flexibility index (Phi) is 5.36.